The summed E-state index contributed by atoms with van der Waals surface area (Å²) in [7, 11) is -5.56. The van der Waals surface area contributed by atoms with E-state index < -0.39 is 31.9 Å². The van der Waals surface area contributed by atoms with Crippen LogP contribution in [-0.2, 0) is 26.1 Å². The van der Waals surface area contributed by atoms with Gasteiger partial charge in [-0.05, 0) is 0 Å². The second kappa shape index (κ2) is 7.30. The third-order valence-electron chi connectivity index (χ3n) is 1.45. The zero-order valence-corrected chi connectivity index (χ0v) is 9.45. The molecule has 0 radical (unpaired) electrons. The summed E-state index contributed by atoms with van der Waals surface area (Å²) in [4.78, 5) is 0. The molecule has 0 amide bonds. The molecule has 0 spiro atoms. The molecule has 0 saturated carbocycles. The van der Waals surface area contributed by atoms with Gasteiger partial charge in [0, 0.05) is 0 Å². The van der Waals surface area contributed by atoms with Gasteiger partial charge in [0.1, 0.15) is 10.5 Å². The molecule has 2 unspecified atom stereocenters. The first kappa shape index (κ1) is 14.0. The van der Waals surface area contributed by atoms with Crippen molar-refractivity contribution in [1.29, 1.82) is 0 Å². The first-order valence-electron chi connectivity index (χ1n) is 3.80. The molecule has 0 fully saturated rings. The smallest absolute Gasteiger partial charge is 0.156 e. The maximum atomic E-state index is 10.5. The predicted octanol–water partition coefficient (Wildman–Crippen LogP) is -1.77. The Bertz CT molecular complexity index is 365. The van der Waals surface area contributed by atoms with Gasteiger partial charge in [0.05, 0.1) is 13.2 Å². The van der Waals surface area contributed by atoms with E-state index >= 15 is 0 Å². The molecule has 0 aromatic carbocycles. The van der Waals surface area contributed by atoms with Crippen molar-refractivity contribution >= 4 is 21.4 Å². The van der Waals surface area contributed by atoms with Crippen LogP contribution in [0.15, 0.2) is 0 Å². The SMILES string of the molecule is C#CC(COCC(C#C)[SH](=O)=O)[SH](=O)=O. The van der Waals surface area contributed by atoms with Crippen molar-refractivity contribution in [1.82, 2.24) is 0 Å². The number of thiol groups is 2. The van der Waals surface area contributed by atoms with Crippen molar-refractivity contribution in [3.8, 4) is 24.7 Å². The average Bonchev–Trinajstić information content (AvgIpc) is 2.17. The van der Waals surface area contributed by atoms with Gasteiger partial charge < -0.3 is 4.74 Å². The largest absolute Gasteiger partial charge is 0.377 e. The molecule has 0 saturated heterocycles. The first-order valence-corrected chi connectivity index (χ1v) is 6.29. The van der Waals surface area contributed by atoms with E-state index in [0.717, 1.165) is 0 Å². The van der Waals surface area contributed by atoms with E-state index in [9.17, 15) is 16.8 Å². The Morgan fingerprint density at radius 1 is 0.933 bits per heavy atom. The minimum absolute atomic E-state index is 0.253. The molecule has 0 aliphatic carbocycles. The minimum Gasteiger partial charge on any atom is -0.377 e. The summed E-state index contributed by atoms with van der Waals surface area (Å²) >= 11 is 0. The standard InChI is InChI=1S/C8H10O5S2/c1-3-7(14(9)10)5-13-6-8(4-2)15(11)12/h1-2,7-8,14-15H,5-6H2. The van der Waals surface area contributed by atoms with Crippen LogP contribution in [0.4, 0.5) is 0 Å². The molecule has 2 atom stereocenters. The first-order chi connectivity index (χ1) is 7.02. The molecule has 84 valence electrons. The Balaban J connectivity index is 4.10. The minimum atomic E-state index is -2.78. The van der Waals surface area contributed by atoms with Crippen molar-refractivity contribution in [3.63, 3.8) is 0 Å². The highest BCUT2D eigenvalue weighted by Gasteiger charge is 2.11. The van der Waals surface area contributed by atoms with Crippen LogP contribution in [0.3, 0.4) is 0 Å². The number of hydrogen-bond acceptors (Lipinski definition) is 5. The highest BCUT2D eigenvalue weighted by Crippen LogP contribution is 1.93. The van der Waals surface area contributed by atoms with Gasteiger partial charge in [-0.1, -0.05) is 11.8 Å². The Morgan fingerprint density at radius 3 is 1.47 bits per heavy atom. The second-order valence-corrected chi connectivity index (χ2v) is 4.86. The van der Waals surface area contributed by atoms with Crippen LogP contribution in [0.1, 0.15) is 0 Å². The quantitative estimate of drug-likeness (QED) is 0.431. The molecule has 0 N–H and O–H groups in total. The number of terminal acetylenes is 2. The molecule has 0 aromatic rings. The summed E-state index contributed by atoms with van der Waals surface area (Å²) in [5, 5.41) is -2.11. The molecule has 0 aliphatic heterocycles. The molecule has 0 heterocycles. The zero-order valence-electron chi connectivity index (χ0n) is 7.66. The van der Waals surface area contributed by atoms with Gasteiger partial charge in [-0.25, -0.2) is 16.8 Å². The van der Waals surface area contributed by atoms with Gasteiger partial charge in [0.25, 0.3) is 0 Å². The Hall–Kier alpha value is -1.02. The van der Waals surface area contributed by atoms with Crippen LogP contribution in [0.5, 0.6) is 0 Å². The van der Waals surface area contributed by atoms with Gasteiger partial charge in [-0.15, -0.1) is 12.8 Å². The fourth-order valence-corrected chi connectivity index (χ4v) is 1.33. The van der Waals surface area contributed by atoms with E-state index in [4.69, 9.17) is 17.6 Å². The van der Waals surface area contributed by atoms with E-state index in [1.165, 1.54) is 0 Å². The lowest BCUT2D eigenvalue weighted by Crippen LogP contribution is -2.21. The van der Waals surface area contributed by atoms with E-state index in [0.29, 0.717) is 0 Å². The molecule has 15 heavy (non-hydrogen) atoms. The molecule has 0 bridgehead atoms. The Morgan fingerprint density at radius 2 is 1.27 bits per heavy atom. The topological polar surface area (TPSA) is 77.5 Å². The van der Waals surface area contributed by atoms with Gasteiger partial charge in [-0.3, -0.25) is 0 Å². The fourth-order valence-electron chi connectivity index (χ4n) is 0.631. The maximum absolute atomic E-state index is 10.5. The molecule has 0 rings (SSSR count). The second-order valence-electron chi connectivity index (χ2n) is 2.47. The zero-order chi connectivity index (χ0) is 11.8. The van der Waals surface area contributed by atoms with Gasteiger partial charge >= 0.3 is 0 Å². The van der Waals surface area contributed by atoms with Gasteiger partial charge in [0.15, 0.2) is 21.4 Å². The van der Waals surface area contributed by atoms with Crippen molar-refractivity contribution in [2.45, 2.75) is 10.5 Å². The molecular weight excluding hydrogens is 240 g/mol. The predicted molar refractivity (Wildman–Crippen MR) is 56.7 cm³/mol. The third kappa shape index (κ3) is 5.43. The number of hydrogen-bond donors (Lipinski definition) is 2. The fraction of sp³-hybridized carbons (Fsp3) is 0.500. The lowest BCUT2D eigenvalue weighted by atomic mass is 10.4. The third-order valence-corrected chi connectivity index (χ3v) is 3.06. The van der Waals surface area contributed by atoms with Crippen LogP contribution in [0.2, 0.25) is 0 Å². The highest BCUT2D eigenvalue weighted by molar-refractivity contribution is 7.73. The lowest BCUT2D eigenvalue weighted by Gasteiger charge is -2.06. The van der Waals surface area contributed by atoms with Crippen molar-refractivity contribution < 1.29 is 21.6 Å². The highest BCUT2D eigenvalue weighted by atomic mass is 32.2. The summed E-state index contributed by atoms with van der Waals surface area (Å²) in [5.74, 6) is 4.00. The normalized spacial score (nSPS) is 14.4. The molecule has 7 heteroatoms. The lowest BCUT2D eigenvalue weighted by molar-refractivity contribution is 0.149. The van der Waals surface area contributed by atoms with E-state index in [1.807, 2.05) is 11.8 Å². The van der Waals surface area contributed by atoms with Crippen LogP contribution in [-0.4, -0.2) is 40.5 Å². The Kier molecular flexibility index (Phi) is 6.80. The van der Waals surface area contributed by atoms with Crippen LogP contribution in [0, 0.1) is 24.7 Å². The Labute approximate surface area is 91.7 Å². The monoisotopic (exact) mass is 250 g/mol. The molecule has 0 aromatic heterocycles. The van der Waals surface area contributed by atoms with E-state index in [-0.39, 0.29) is 13.2 Å². The van der Waals surface area contributed by atoms with Gasteiger partial charge in [0.2, 0.25) is 0 Å². The summed E-state index contributed by atoms with van der Waals surface area (Å²) in [5.41, 5.74) is 0. The van der Waals surface area contributed by atoms with Crippen molar-refractivity contribution in [3.05, 3.63) is 0 Å². The van der Waals surface area contributed by atoms with E-state index in [2.05, 4.69) is 0 Å². The van der Waals surface area contributed by atoms with Crippen LogP contribution in [0.25, 0.3) is 0 Å². The number of ether oxygens (including phenoxy) is 1. The summed E-state index contributed by atoms with van der Waals surface area (Å²) in [6, 6.07) is 0. The number of rotatable bonds is 6. The average molecular weight is 250 g/mol. The van der Waals surface area contributed by atoms with E-state index in [1.54, 1.807) is 0 Å². The summed E-state index contributed by atoms with van der Waals surface area (Å²) < 4.78 is 46.7. The van der Waals surface area contributed by atoms with Crippen molar-refractivity contribution in [2.75, 3.05) is 13.2 Å². The maximum Gasteiger partial charge on any atom is 0.156 e. The molecule has 0 aliphatic rings. The summed E-state index contributed by atoms with van der Waals surface area (Å²) in [6.07, 6.45) is 9.82. The van der Waals surface area contributed by atoms with Crippen molar-refractivity contribution in [2.24, 2.45) is 0 Å². The van der Waals surface area contributed by atoms with Gasteiger partial charge in [-0.2, -0.15) is 0 Å². The van der Waals surface area contributed by atoms with Crippen LogP contribution >= 0.6 is 0 Å². The van der Waals surface area contributed by atoms with Crippen LogP contribution < -0.4 is 0 Å². The molecular formula is C8H10O5S2. The molecule has 5 nitrogen and oxygen atoms in total. The summed E-state index contributed by atoms with van der Waals surface area (Å²) in [6.45, 7) is -0.507.